The Labute approximate surface area is 108 Å². The molecule has 2 N–H and O–H groups in total. The third kappa shape index (κ3) is 2.44. The number of rotatable bonds is 2. The first-order valence-corrected chi connectivity index (χ1v) is 6.59. The van der Waals surface area contributed by atoms with E-state index in [0.717, 1.165) is 19.4 Å². The number of likely N-dealkylation sites (tertiary alicyclic amines) is 1. The van der Waals surface area contributed by atoms with E-state index < -0.39 is 17.4 Å². The van der Waals surface area contributed by atoms with Gasteiger partial charge in [-0.3, -0.25) is 0 Å². The molecule has 1 saturated carbocycles. The Morgan fingerprint density at radius 3 is 2.39 bits per heavy atom. The molecule has 1 saturated heterocycles. The Balaban J connectivity index is 2.00. The minimum absolute atomic E-state index is 0.218. The van der Waals surface area contributed by atoms with Gasteiger partial charge >= 0.3 is 12.0 Å². The van der Waals surface area contributed by atoms with Crippen LogP contribution >= 0.6 is 0 Å². The summed E-state index contributed by atoms with van der Waals surface area (Å²) in [4.78, 5) is 25.2. The third-order valence-corrected chi connectivity index (χ3v) is 4.05. The second-order valence-corrected chi connectivity index (χ2v) is 6.57. The van der Waals surface area contributed by atoms with E-state index in [-0.39, 0.29) is 6.03 Å². The zero-order chi connectivity index (χ0) is 13.5. The molecule has 0 aromatic rings. The van der Waals surface area contributed by atoms with E-state index in [1.165, 1.54) is 6.42 Å². The van der Waals surface area contributed by atoms with Crippen LogP contribution in [0.25, 0.3) is 0 Å². The summed E-state index contributed by atoms with van der Waals surface area (Å²) in [7, 11) is 0. The van der Waals surface area contributed by atoms with Crippen LogP contribution in [0.15, 0.2) is 0 Å². The minimum atomic E-state index is -0.972. The highest BCUT2D eigenvalue weighted by Crippen LogP contribution is 2.37. The fourth-order valence-electron chi connectivity index (χ4n) is 3.03. The first kappa shape index (κ1) is 13.2. The van der Waals surface area contributed by atoms with Gasteiger partial charge in [-0.2, -0.15) is 0 Å². The minimum Gasteiger partial charge on any atom is -0.480 e. The van der Waals surface area contributed by atoms with Crippen molar-refractivity contribution in [1.82, 2.24) is 10.2 Å². The van der Waals surface area contributed by atoms with E-state index in [1.807, 2.05) is 25.7 Å². The number of hydrogen-bond acceptors (Lipinski definition) is 2. The molecule has 5 nitrogen and oxygen atoms in total. The molecule has 1 aliphatic heterocycles. The molecule has 3 atom stereocenters. The first-order valence-electron chi connectivity index (χ1n) is 6.59. The molecule has 2 rings (SSSR count). The number of urea groups is 1. The van der Waals surface area contributed by atoms with E-state index in [0.29, 0.717) is 12.0 Å². The number of aliphatic carboxylic acids is 1. The van der Waals surface area contributed by atoms with Gasteiger partial charge in [0.15, 0.2) is 0 Å². The van der Waals surface area contributed by atoms with Crippen molar-refractivity contribution >= 4 is 12.0 Å². The maximum Gasteiger partial charge on any atom is 0.326 e. The van der Waals surface area contributed by atoms with E-state index >= 15 is 0 Å². The predicted molar refractivity (Wildman–Crippen MR) is 67.2 cm³/mol. The van der Waals surface area contributed by atoms with Gasteiger partial charge in [0.25, 0.3) is 0 Å². The number of amides is 2. The van der Waals surface area contributed by atoms with Gasteiger partial charge in [0.1, 0.15) is 6.04 Å². The zero-order valence-electron chi connectivity index (χ0n) is 11.3. The van der Waals surface area contributed by atoms with Gasteiger partial charge in [-0.25, -0.2) is 9.59 Å². The Morgan fingerprint density at radius 2 is 2.00 bits per heavy atom. The van der Waals surface area contributed by atoms with Crippen molar-refractivity contribution in [2.45, 2.75) is 52.1 Å². The molecule has 0 radical (unpaired) electrons. The number of nitrogens with one attached hydrogen (secondary N) is 1. The van der Waals surface area contributed by atoms with Crippen LogP contribution in [0.1, 0.15) is 40.0 Å². The largest absolute Gasteiger partial charge is 0.480 e. The molecule has 2 amide bonds. The number of fused-ring (bicyclic) bond motifs is 2. The molecule has 5 heteroatoms. The van der Waals surface area contributed by atoms with Crippen LogP contribution in [0.2, 0.25) is 0 Å². The van der Waals surface area contributed by atoms with Crippen LogP contribution < -0.4 is 5.32 Å². The van der Waals surface area contributed by atoms with Crippen LogP contribution in [0.3, 0.4) is 0 Å². The monoisotopic (exact) mass is 254 g/mol. The van der Waals surface area contributed by atoms with Gasteiger partial charge in [-0.1, -0.05) is 20.8 Å². The van der Waals surface area contributed by atoms with Crippen molar-refractivity contribution in [2.75, 3.05) is 6.54 Å². The smallest absolute Gasteiger partial charge is 0.326 e. The molecular weight excluding hydrogens is 232 g/mol. The number of carbonyl (C=O) groups excluding carboxylic acids is 1. The lowest BCUT2D eigenvalue weighted by Crippen LogP contribution is -2.54. The zero-order valence-corrected chi connectivity index (χ0v) is 11.3. The number of carbonyl (C=O) groups is 2. The van der Waals surface area contributed by atoms with E-state index in [9.17, 15) is 14.7 Å². The number of nitrogens with zero attached hydrogens (tertiary/aromatic N) is 1. The number of carboxylic acid groups (broad SMARTS) is 1. The lowest BCUT2D eigenvalue weighted by molar-refractivity contribution is -0.142. The van der Waals surface area contributed by atoms with Crippen LogP contribution in [0.4, 0.5) is 4.79 Å². The fraction of sp³-hybridized carbons (Fsp3) is 0.846. The third-order valence-electron chi connectivity index (χ3n) is 4.05. The Kier molecular flexibility index (Phi) is 3.25. The summed E-state index contributed by atoms with van der Waals surface area (Å²) in [6.45, 7) is 6.25. The molecule has 2 fully saturated rings. The molecule has 18 heavy (non-hydrogen) atoms. The average molecular weight is 254 g/mol. The van der Waals surface area contributed by atoms with Crippen molar-refractivity contribution in [1.29, 1.82) is 0 Å². The molecule has 2 aliphatic rings. The topological polar surface area (TPSA) is 69.6 Å². The summed E-state index contributed by atoms with van der Waals surface area (Å²) in [5, 5.41) is 11.9. The molecule has 102 valence electrons. The highest BCUT2D eigenvalue weighted by Gasteiger charge is 2.42. The SMILES string of the molecule is CC(C)(C)[C@H](NC(=O)N1CC2CCC1C2)C(=O)O. The van der Waals surface area contributed by atoms with Gasteiger partial charge in [-0.15, -0.1) is 0 Å². The molecule has 1 aliphatic carbocycles. The summed E-state index contributed by atoms with van der Waals surface area (Å²) in [5.41, 5.74) is -0.486. The lowest BCUT2D eigenvalue weighted by Gasteiger charge is -2.32. The summed E-state index contributed by atoms with van der Waals surface area (Å²) in [6.07, 6.45) is 3.35. The van der Waals surface area contributed by atoms with Crippen molar-refractivity contribution in [2.24, 2.45) is 11.3 Å². The van der Waals surface area contributed by atoms with E-state index in [2.05, 4.69) is 5.32 Å². The first-order chi connectivity index (χ1) is 8.29. The lowest BCUT2D eigenvalue weighted by atomic mass is 9.87. The molecule has 0 spiro atoms. The van der Waals surface area contributed by atoms with Gasteiger partial charge in [0.2, 0.25) is 0 Å². The standard InChI is InChI=1S/C13H22N2O3/c1-13(2,3)10(11(16)17)14-12(18)15-7-8-4-5-9(15)6-8/h8-10H,4-7H2,1-3H3,(H,14,18)(H,16,17)/t8?,9?,10-/m1/s1. The molecule has 0 aromatic heterocycles. The van der Waals surface area contributed by atoms with Crippen LogP contribution in [0, 0.1) is 11.3 Å². The van der Waals surface area contributed by atoms with Gasteiger partial charge in [0, 0.05) is 12.6 Å². The predicted octanol–water partition coefficient (Wildman–Crippen LogP) is 1.68. The second-order valence-electron chi connectivity index (χ2n) is 6.57. The van der Waals surface area contributed by atoms with Crippen molar-refractivity contribution < 1.29 is 14.7 Å². The number of piperidine rings is 1. The molecule has 1 heterocycles. The Hall–Kier alpha value is -1.26. The Morgan fingerprint density at radius 1 is 1.33 bits per heavy atom. The highest BCUT2D eigenvalue weighted by molar-refractivity contribution is 5.83. The molecule has 2 unspecified atom stereocenters. The van der Waals surface area contributed by atoms with Crippen molar-refractivity contribution in [3.8, 4) is 0 Å². The van der Waals surface area contributed by atoms with E-state index in [1.54, 1.807) is 0 Å². The summed E-state index contributed by atoms with van der Waals surface area (Å²) in [6, 6.07) is -0.738. The highest BCUT2D eigenvalue weighted by atomic mass is 16.4. The van der Waals surface area contributed by atoms with Crippen LogP contribution in [-0.2, 0) is 4.79 Å². The summed E-state index contributed by atoms with van der Waals surface area (Å²) >= 11 is 0. The van der Waals surface area contributed by atoms with E-state index in [4.69, 9.17) is 0 Å². The van der Waals surface area contributed by atoms with Gasteiger partial charge < -0.3 is 15.3 Å². The Bertz CT molecular complexity index is 362. The van der Waals surface area contributed by atoms with Gasteiger partial charge in [0.05, 0.1) is 0 Å². The number of carboxylic acids is 1. The summed E-state index contributed by atoms with van der Waals surface area (Å²) in [5.74, 6) is -0.348. The quantitative estimate of drug-likeness (QED) is 0.787. The average Bonchev–Trinajstić information content (AvgIpc) is 2.84. The molecule has 0 aromatic carbocycles. The summed E-state index contributed by atoms with van der Waals surface area (Å²) < 4.78 is 0. The van der Waals surface area contributed by atoms with Crippen molar-refractivity contribution in [3.63, 3.8) is 0 Å². The second kappa shape index (κ2) is 4.44. The molecular formula is C13H22N2O3. The fourth-order valence-corrected chi connectivity index (χ4v) is 3.03. The van der Waals surface area contributed by atoms with Gasteiger partial charge in [-0.05, 0) is 30.6 Å². The molecule has 2 bridgehead atoms. The number of hydrogen-bond donors (Lipinski definition) is 2. The van der Waals surface area contributed by atoms with Crippen molar-refractivity contribution in [3.05, 3.63) is 0 Å². The maximum atomic E-state index is 12.1. The normalized spacial score (nSPS) is 28.3. The van der Waals surface area contributed by atoms with Crippen LogP contribution in [0.5, 0.6) is 0 Å². The maximum absolute atomic E-state index is 12.1. The van der Waals surface area contributed by atoms with Crippen LogP contribution in [-0.4, -0.2) is 40.6 Å².